The Kier molecular flexibility index (Phi) is 13.4. The van der Waals surface area contributed by atoms with Crippen LogP contribution < -0.4 is 0 Å². The number of aliphatic hydroxyl groups is 1. The highest BCUT2D eigenvalue weighted by Crippen LogP contribution is 2.08. The molecule has 0 aromatic carbocycles. The highest BCUT2D eigenvalue weighted by atomic mass is 35.5. The van der Waals surface area contributed by atoms with Gasteiger partial charge in [-0.3, -0.25) is 0 Å². The molecule has 0 heterocycles. The number of hydrogen-bond acceptors (Lipinski definition) is 2. The molecule has 0 spiro atoms. The maximum atomic E-state index is 8.67. The molecular formula is C13H27ClO2. The number of halogens is 1. The van der Waals surface area contributed by atoms with E-state index in [-0.39, 0.29) is 12.0 Å². The lowest BCUT2D eigenvalue weighted by molar-refractivity contribution is 0.115. The Morgan fingerprint density at radius 3 is 2.12 bits per heavy atom. The summed E-state index contributed by atoms with van der Waals surface area (Å²) in [6, 6.07) is 0. The molecular weight excluding hydrogens is 224 g/mol. The van der Waals surface area contributed by atoms with Gasteiger partial charge in [0.2, 0.25) is 0 Å². The molecule has 0 aliphatic heterocycles. The van der Waals surface area contributed by atoms with Gasteiger partial charge in [0.1, 0.15) is 0 Å². The molecule has 98 valence electrons. The average molecular weight is 251 g/mol. The van der Waals surface area contributed by atoms with Gasteiger partial charge in [0, 0.05) is 6.61 Å². The second-order valence-corrected chi connectivity index (χ2v) is 4.95. The maximum absolute atomic E-state index is 8.67. The summed E-state index contributed by atoms with van der Waals surface area (Å²) in [6.07, 6.45) is 10.5. The van der Waals surface area contributed by atoms with Crippen LogP contribution in [0.4, 0.5) is 0 Å². The van der Waals surface area contributed by atoms with Gasteiger partial charge in [0.15, 0.2) is 0 Å². The van der Waals surface area contributed by atoms with Crippen LogP contribution in [0.5, 0.6) is 0 Å². The highest BCUT2D eigenvalue weighted by Gasteiger charge is 2.01. The average Bonchev–Trinajstić information content (AvgIpc) is 2.31. The summed E-state index contributed by atoms with van der Waals surface area (Å²) in [7, 11) is 0. The van der Waals surface area contributed by atoms with E-state index < -0.39 is 0 Å². The number of ether oxygens (including phenoxy) is 1. The molecule has 1 atom stereocenters. The Hall–Kier alpha value is 0.210. The van der Waals surface area contributed by atoms with E-state index in [0.717, 1.165) is 13.0 Å². The highest BCUT2D eigenvalue weighted by molar-refractivity contribution is 6.20. The first-order chi connectivity index (χ1) is 7.81. The minimum absolute atomic E-state index is 0.00101. The van der Waals surface area contributed by atoms with Crippen molar-refractivity contribution in [1.82, 2.24) is 0 Å². The third kappa shape index (κ3) is 12.3. The van der Waals surface area contributed by atoms with E-state index in [1.807, 2.05) is 0 Å². The van der Waals surface area contributed by atoms with Crippen LogP contribution in [0.3, 0.4) is 0 Å². The number of unbranched alkanes of at least 4 members (excludes halogenated alkanes) is 7. The van der Waals surface area contributed by atoms with Crippen molar-refractivity contribution in [1.29, 1.82) is 0 Å². The second-order valence-electron chi connectivity index (χ2n) is 4.33. The van der Waals surface area contributed by atoms with Crippen molar-refractivity contribution in [3.05, 3.63) is 0 Å². The minimum Gasteiger partial charge on any atom is -0.395 e. The van der Waals surface area contributed by atoms with Crippen LogP contribution >= 0.6 is 11.6 Å². The Labute approximate surface area is 105 Å². The van der Waals surface area contributed by atoms with Gasteiger partial charge in [-0.2, -0.15) is 0 Å². The number of aliphatic hydroxyl groups excluding tert-OH is 1. The third-order valence-electron chi connectivity index (χ3n) is 2.64. The van der Waals surface area contributed by atoms with E-state index in [1.54, 1.807) is 0 Å². The molecule has 0 aromatic heterocycles. The summed E-state index contributed by atoms with van der Waals surface area (Å²) >= 11 is 5.70. The Balaban J connectivity index is 2.93. The lowest BCUT2D eigenvalue weighted by Gasteiger charge is -2.07. The molecule has 0 saturated heterocycles. The zero-order valence-corrected chi connectivity index (χ0v) is 11.3. The zero-order chi connectivity index (χ0) is 12.1. The van der Waals surface area contributed by atoms with Crippen LogP contribution in [0.15, 0.2) is 0 Å². The van der Waals surface area contributed by atoms with Crippen molar-refractivity contribution in [2.75, 3.05) is 19.8 Å². The molecule has 0 aliphatic rings. The maximum Gasteiger partial charge on any atom is 0.0800 e. The van der Waals surface area contributed by atoms with Gasteiger partial charge >= 0.3 is 0 Å². The SMILES string of the molecule is CCCCCCCCCCOCC(Cl)CO. The summed E-state index contributed by atoms with van der Waals surface area (Å²) in [6.45, 7) is 3.49. The Morgan fingerprint density at radius 2 is 1.56 bits per heavy atom. The number of rotatable bonds is 12. The number of alkyl halides is 1. The molecule has 0 rings (SSSR count). The second kappa shape index (κ2) is 13.3. The van der Waals surface area contributed by atoms with Crippen LogP contribution in [0.1, 0.15) is 58.3 Å². The predicted octanol–water partition coefficient (Wildman–Crippen LogP) is 3.74. The standard InChI is InChI=1S/C13H27ClO2/c1-2-3-4-5-6-7-8-9-10-16-12-13(14)11-15/h13,15H,2-12H2,1H3. The summed E-state index contributed by atoms with van der Waals surface area (Å²) in [5.74, 6) is 0. The van der Waals surface area contributed by atoms with Crippen LogP contribution in [0, 0.1) is 0 Å². The molecule has 2 nitrogen and oxygen atoms in total. The van der Waals surface area contributed by atoms with Gasteiger partial charge in [-0.15, -0.1) is 11.6 Å². The fourth-order valence-electron chi connectivity index (χ4n) is 1.60. The molecule has 0 aromatic rings. The van der Waals surface area contributed by atoms with Crippen molar-refractivity contribution < 1.29 is 9.84 Å². The van der Waals surface area contributed by atoms with E-state index >= 15 is 0 Å². The molecule has 0 radical (unpaired) electrons. The molecule has 0 aliphatic carbocycles. The van der Waals surface area contributed by atoms with Gasteiger partial charge in [0.05, 0.1) is 18.6 Å². The van der Waals surface area contributed by atoms with E-state index in [1.165, 1.54) is 44.9 Å². The molecule has 0 amide bonds. The lowest BCUT2D eigenvalue weighted by atomic mass is 10.1. The fraction of sp³-hybridized carbons (Fsp3) is 1.00. The third-order valence-corrected chi connectivity index (χ3v) is 2.90. The molecule has 16 heavy (non-hydrogen) atoms. The van der Waals surface area contributed by atoms with E-state index in [4.69, 9.17) is 21.4 Å². The van der Waals surface area contributed by atoms with E-state index in [2.05, 4.69) is 6.92 Å². The van der Waals surface area contributed by atoms with E-state index in [9.17, 15) is 0 Å². The van der Waals surface area contributed by atoms with Gasteiger partial charge in [0.25, 0.3) is 0 Å². The Bertz CT molecular complexity index is 131. The van der Waals surface area contributed by atoms with Crippen molar-refractivity contribution in [2.45, 2.75) is 63.7 Å². The minimum atomic E-state index is -0.242. The van der Waals surface area contributed by atoms with E-state index in [0.29, 0.717) is 6.61 Å². The fourth-order valence-corrected chi connectivity index (χ4v) is 1.69. The zero-order valence-electron chi connectivity index (χ0n) is 10.6. The summed E-state index contributed by atoms with van der Waals surface area (Å²) in [4.78, 5) is 0. The Morgan fingerprint density at radius 1 is 1.00 bits per heavy atom. The normalized spacial score (nSPS) is 12.9. The largest absolute Gasteiger partial charge is 0.395 e. The van der Waals surface area contributed by atoms with Gasteiger partial charge in [-0.1, -0.05) is 51.9 Å². The number of hydrogen-bond donors (Lipinski definition) is 1. The molecule has 1 N–H and O–H groups in total. The first kappa shape index (κ1) is 16.2. The predicted molar refractivity (Wildman–Crippen MR) is 70.2 cm³/mol. The molecule has 0 fully saturated rings. The van der Waals surface area contributed by atoms with Crippen molar-refractivity contribution in [3.8, 4) is 0 Å². The summed E-state index contributed by atoms with van der Waals surface area (Å²) in [5, 5.41) is 8.42. The van der Waals surface area contributed by atoms with Gasteiger partial charge in [-0.25, -0.2) is 0 Å². The quantitative estimate of drug-likeness (QED) is 0.422. The topological polar surface area (TPSA) is 29.5 Å². The van der Waals surface area contributed by atoms with Crippen LogP contribution in [0.2, 0.25) is 0 Å². The van der Waals surface area contributed by atoms with Crippen LogP contribution in [-0.4, -0.2) is 30.3 Å². The lowest BCUT2D eigenvalue weighted by Crippen LogP contribution is -2.13. The van der Waals surface area contributed by atoms with Crippen LogP contribution in [-0.2, 0) is 4.74 Å². The summed E-state index contributed by atoms with van der Waals surface area (Å²) < 4.78 is 5.34. The first-order valence-electron chi connectivity index (χ1n) is 6.64. The summed E-state index contributed by atoms with van der Waals surface area (Å²) in [5.41, 5.74) is 0. The van der Waals surface area contributed by atoms with Crippen molar-refractivity contribution >= 4 is 11.6 Å². The molecule has 0 saturated carbocycles. The monoisotopic (exact) mass is 250 g/mol. The van der Waals surface area contributed by atoms with Gasteiger partial charge < -0.3 is 9.84 Å². The van der Waals surface area contributed by atoms with Crippen molar-refractivity contribution in [2.24, 2.45) is 0 Å². The molecule has 1 unspecified atom stereocenters. The smallest absolute Gasteiger partial charge is 0.0800 e. The molecule has 0 bridgehead atoms. The van der Waals surface area contributed by atoms with Gasteiger partial charge in [-0.05, 0) is 6.42 Å². The molecule has 3 heteroatoms. The first-order valence-corrected chi connectivity index (χ1v) is 7.07. The van der Waals surface area contributed by atoms with Crippen LogP contribution in [0.25, 0.3) is 0 Å². The van der Waals surface area contributed by atoms with Crippen molar-refractivity contribution in [3.63, 3.8) is 0 Å².